The standard InChI is InChI=1S/C18H25N3O/c1-13(19)15-8-10-16(11-9-15)18-20-17(22-21-18)12-7-14-5-3-2-4-6-14/h8-11,13-14H,2-7,12,19H2,1H3. The molecule has 1 heterocycles. The smallest absolute Gasteiger partial charge is 0.226 e. The maximum Gasteiger partial charge on any atom is 0.226 e. The van der Waals surface area contributed by atoms with Crippen molar-refractivity contribution in [3.63, 3.8) is 0 Å². The van der Waals surface area contributed by atoms with E-state index in [-0.39, 0.29) is 6.04 Å². The van der Waals surface area contributed by atoms with Crippen LogP contribution in [0.2, 0.25) is 0 Å². The number of nitrogens with two attached hydrogens (primary N) is 1. The van der Waals surface area contributed by atoms with Crippen molar-refractivity contribution < 1.29 is 4.52 Å². The molecule has 2 N–H and O–H groups in total. The highest BCUT2D eigenvalue weighted by Gasteiger charge is 2.15. The van der Waals surface area contributed by atoms with Crippen LogP contribution in [0.25, 0.3) is 11.4 Å². The average Bonchev–Trinajstić information content (AvgIpc) is 3.03. The highest BCUT2D eigenvalue weighted by molar-refractivity contribution is 5.54. The first-order valence-corrected chi connectivity index (χ1v) is 8.41. The Balaban J connectivity index is 1.60. The van der Waals surface area contributed by atoms with E-state index >= 15 is 0 Å². The first-order valence-electron chi connectivity index (χ1n) is 8.41. The summed E-state index contributed by atoms with van der Waals surface area (Å²) in [6.45, 7) is 1.98. The summed E-state index contributed by atoms with van der Waals surface area (Å²) in [5, 5.41) is 4.11. The molecule has 1 saturated carbocycles. The Morgan fingerprint density at radius 3 is 2.59 bits per heavy atom. The second-order valence-corrected chi connectivity index (χ2v) is 6.47. The van der Waals surface area contributed by atoms with Gasteiger partial charge in [-0.3, -0.25) is 0 Å². The number of rotatable bonds is 5. The molecule has 0 radical (unpaired) electrons. The SMILES string of the molecule is CC(N)c1ccc(-c2noc(CCC3CCCCC3)n2)cc1. The third-order valence-electron chi connectivity index (χ3n) is 4.65. The lowest BCUT2D eigenvalue weighted by Gasteiger charge is -2.20. The van der Waals surface area contributed by atoms with E-state index in [1.807, 2.05) is 31.2 Å². The molecule has 22 heavy (non-hydrogen) atoms. The maximum atomic E-state index is 5.87. The Bertz CT molecular complexity index is 583. The lowest BCUT2D eigenvalue weighted by Crippen LogP contribution is -2.07. The Morgan fingerprint density at radius 2 is 1.91 bits per heavy atom. The zero-order valence-corrected chi connectivity index (χ0v) is 13.3. The average molecular weight is 299 g/mol. The molecule has 1 aliphatic rings. The third-order valence-corrected chi connectivity index (χ3v) is 4.65. The molecule has 1 aliphatic carbocycles. The van der Waals surface area contributed by atoms with Crippen LogP contribution in [0.5, 0.6) is 0 Å². The summed E-state index contributed by atoms with van der Waals surface area (Å²) in [7, 11) is 0. The zero-order valence-electron chi connectivity index (χ0n) is 13.3. The first kappa shape index (κ1) is 15.2. The van der Waals surface area contributed by atoms with E-state index in [2.05, 4.69) is 10.1 Å². The minimum absolute atomic E-state index is 0.0466. The van der Waals surface area contributed by atoms with Crippen LogP contribution in [0.4, 0.5) is 0 Å². The van der Waals surface area contributed by atoms with E-state index in [1.54, 1.807) is 0 Å². The summed E-state index contributed by atoms with van der Waals surface area (Å²) >= 11 is 0. The molecule has 0 bridgehead atoms. The van der Waals surface area contributed by atoms with Crippen LogP contribution < -0.4 is 5.73 Å². The van der Waals surface area contributed by atoms with Gasteiger partial charge in [-0.05, 0) is 24.8 Å². The molecule has 1 unspecified atom stereocenters. The van der Waals surface area contributed by atoms with Crippen molar-refractivity contribution >= 4 is 0 Å². The Hall–Kier alpha value is -1.68. The second kappa shape index (κ2) is 7.05. The molecular formula is C18H25N3O. The molecule has 1 aromatic carbocycles. The number of aryl methyl sites for hydroxylation is 1. The third kappa shape index (κ3) is 3.74. The number of aromatic nitrogens is 2. The van der Waals surface area contributed by atoms with E-state index < -0.39 is 0 Å². The van der Waals surface area contributed by atoms with E-state index in [4.69, 9.17) is 10.3 Å². The quantitative estimate of drug-likeness (QED) is 0.895. The molecule has 1 atom stereocenters. The van der Waals surface area contributed by atoms with Gasteiger partial charge in [-0.1, -0.05) is 61.5 Å². The largest absolute Gasteiger partial charge is 0.339 e. The highest BCUT2D eigenvalue weighted by atomic mass is 16.5. The van der Waals surface area contributed by atoms with Crippen molar-refractivity contribution in [2.75, 3.05) is 0 Å². The van der Waals surface area contributed by atoms with Crippen LogP contribution in [-0.4, -0.2) is 10.1 Å². The summed E-state index contributed by atoms with van der Waals surface area (Å²) in [6, 6.07) is 8.12. The number of benzene rings is 1. The minimum atomic E-state index is 0.0466. The number of hydrogen-bond acceptors (Lipinski definition) is 4. The molecule has 2 aromatic rings. The van der Waals surface area contributed by atoms with Gasteiger partial charge in [0, 0.05) is 18.0 Å². The van der Waals surface area contributed by atoms with Crippen molar-refractivity contribution in [1.29, 1.82) is 0 Å². The lowest BCUT2D eigenvalue weighted by atomic mass is 9.86. The molecule has 0 spiro atoms. The summed E-state index contributed by atoms with van der Waals surface area (Å²) in [5.41, 5.74) is 7.97. The highest BCUT2D eigenvalue weighted by Crippen LogP contribution is 2.27. The van der Waals surface area contributed by atoms with Crippen molar-refractivity contribution in [2.45, 2.75) is 57.9 Å². The second-order valence-electron chi connectivity index (χ2n) is 6.47. The van der Waals surface area contributed by atoms with Gasteiger partial charge < -0.3 is 10.3 Å². The lowest BCUT2D eigenvalue weighted by molar-refractivity contribution is 0.315. The van der Waals surface area contributed by atoms with Crippen molar-refractivity contribution in [3.8, 4) is 11.4 Å². The predicted octanol–water partition coefficient (Wildman–Crippen LogP) is 4.27. The van der Waals surface area contributed by atoms with Gasteiger partial charge in [0.15, 0.2) is 0 Å². The summed E-state index contributed by atoms with van der Waals surface area (Å²) in [5.74, 6) is 2.28. The monoisotopic (exact) mass is 299 g/mol. The van der Waals surface area contributed by atoms with Crippen molar-refractivity contribution in [2.24, 2.45) is 11.7 Å². The Labute approximate surface area is 132 Å². The van der Waals surface area contributed by atoms with Crippen LogP contribution in [0.3, 0.4) is 0 Å². The number of nitrogens with zero attached hydrogens (tertiary/aromatic N) is 2. The molecule has 3 rings (SSSR count). The molecule has 0 saturated heterocycles. The van der Waals surface area contributed by atoms with E-state index in [9.17, 15) is 0 Å². The van der Waals surface area contributed by atoms with Crippen molar-refractivity contribution in [1.82, 2.24) is 10.1 Å². The number of hydrogen-bond donors (Lipinski definition) is 1. The molecule has 0 aliphatic heterocycles. The fourth-order valence-electron chi connectivity index (χ4n) is 3.21. The topological polar surface area (TPSA) is 64.9 Å². The Kier molecular flexibility index (Phi) is 4.88. The van der Waals surface area contributed by atoms with Gasteiger partial charge in [-0.15, -0.1) is 0 Å². The van der Waals surface area contributed by atoms with Gasteiger partial charge in [0.25, 0.3) is 0 Å². The molecule has 0 amide bonds. The van der Waals surface area contributed by atoms with Gasteiger partial charge in [-0.2, -0.15) is 4.98 Å². The van der Waals surface area contributed by atoms with Gasteiger partial charge >= 0.3 is 0 Å². The molecule has 4 heteroatoms. The van der Waals surface area contributed by atoms with E-state index in [0.717, 1.165) is 29.4 Å². The molecule has 4 nitrogen and oxygen atoms in total. The maximum absolute atomic E-state index is 5.87. The molecule has 1 aromatic heterocycles. The summed E-state index contributed by atoms with van der Waals surface area (Å²) in [6.07, 6.45) is 8.95. The van der Waals surface area contributed by atoms with E-state index in [1.165, 1.54) is 38.5 Å². The van der Waals surface area contributed by atoms with Gasteiger partial charge in [0.1, 0.15) is 0 Å². The predicted molar refractivity (Wildman–Crippen MR) is 87.2 cm³/mol. The summed E-state index contributed by atoms with van der Waals surface area (Å²) < 4.78 is 5.40. The zero-order chi connectivity index (χ0) is 15.4. The van der Waals surface area contributed by atoms with Crippen LogP contribution in [0.1, 0.15) is 62.9 Å². The fraction of sp³-hybridized carbons (Fsp3) is 0.556. The van der Waals surface area contributed by atoms with Gasteiger partial charge in [0.2, 0.25) is 11.7 Å². The Morgan fingerprint density at radius 1 is 1.18 bits per heavy atom. The fourth-order valence-corrected chi connectivity index (χ4v) is 3.21. The van der Waals surface area contributed by atoms with Crippen LogP contribution in [0, 0.1) is 5.92 Å². The van der Waals surface area contributed by atoms with Crippen molar-refractivity contribution in [3.05, 3.63) is 35.7 Å². The van der Waals surface area contributed by atoms with Gasteiger partial charge in [0.05, 0.1) is 0 Å². The minimum Gasteiger partial charge on any atom is -0.339 e. The molecule has 118 valence electrons. The first-order chi connectivity index (χ1) is 10.7. The van der Waals surface area contributed by atoms with Crippen LogP contribution >= 0.6 is 0 Å². The van der Waals surface area contributed by atoms with Gasteiger partial charge in [-0.25, -0.2) is 0 Å². The van der Waals surface area contributed by atoms with E-state index in [0.29, 0.717) is 5.82 Å². The summed E-state index contributed by atoms with van der Waals surface area (Å²) in [4.78, 5) is 4.53. The van der Waals surface area contributed by atoms with Crippen LogP contribution in [0.15, 0.2) is 28.8 Å². The molecule has 1 fully saturated rings. The molecular weight excluding hydrogens is 274 g/mol. The van der Waals surface area contributed by atoms with Crippen LogP contribution in [-0.2, 0) is 6.42 Å². The normalized spacial score (nSPS) is 17.5.